The first kappa shape index (κ1) is 13.4. The van der Waals surface area contributed by atoms with Crippen LogP contribution in [0.2, 0.25) is 0 Å². The molecule has 0 atom stereocenters. The average Bonchev–Trinajstić information content (AvgIpc) is 2.79. The molecule has 100 valence electrons. The average molecular weight is 276 g/mol. The summed E-state index contributed by atoms with van der Waals surface area (Å²) in [5.41, 5.74) is 7.75. The second kappa shape index (κ2) is 5.27. The second-order valence-electron chi connectivity index (χ2n) is 4.18. The number of nitrogen functional groups attached to an aromatic ring is 1. The summed E-state index contributed by atoms with van der Waals surface area (Å²) in [6.45, 7) is 2.01. The van der Waals surface area contributed by atoms with Gasteiger partial charge < -0.3 is 16.0 Å². The van der Waals surface area contributed by atoms with Gasteiger partial charge in [-0.3, -0.25) is 4.79 Å². The van der Waals surface area contributed by atoms with Gasteiger partial charge in [-0.15, -0.1) is 0 Å². The van der Waals surface area contributed by atoms with Crippen molar-refractivity contribution >= 4 is 33.9 Å². The predicted octanol–water partition coefficient (Wildman–Crippen LogP) is 2.35. The fraction of sp³-hybridized carbons (Fsp3) is 0.231. The molecule has 1 aromatic carbocycles. The monoisotopic (exact) mass is 276 g/mol. The van der Waals surface area contributed by atoms with Crippen molar-refractivity contribution in [2.24, 2.45) is 0 Å². The molecule has 0 aliphatic heterocycles. The number of aryl methyl sites for hydroxylation is 1. The van der Waals surface area contributed by atoms with Crippen molar-refractivity contribution in [1.29, 1.82) is 0 Å². The van der Waals surface area contributed by atoms with Gasteiger partial charge in [-0.1, -0.05) is 29.0 Å². The lowest BCUT2D eigenvalue weighted by molar-refractivity contribution is 0.0997. The van der Waals surface area contributed by atoms with E-state index >= 15 is 0 Å². The molecule has 1 heterocycles. The summed E-state index contributed by atoms with van der Waals surface area (Å²) in [7, 11) is 3.47. The molecule has 5 nitrogen and oxygen atoms in total. The molecule has 0 fully saturated rings. The molecule has 1 amide bonds. The predicted molar refractivity (Wildman–Crippen MR) is 80.0 cm³/mol. The van der Waals surface area contributed by atoms with Gasteiger partial charge in [0.1, 0.15) is 10.7 Å². The van der Waals surface area contributed by atoms with Crippen molar-refractivity contribution in [3.05, 3.63) is 34.7 Å². The van der Waals surface area contributed by atoms with Crippen LogP contribution in [0.25, 0.3) is 0 Å². The van der Waals surface area contributed by atoms with Gasteiger partial charge in [-0.2, -0.15) is 0 Å². The summed E-state index contributed by atoms with van der Waals surface area (Å²) in [5.74, 6) is 0.110. The quantitative estimate of drug-likeness (QED) is 0.902. The van der Waals surface area contributed by atoms with Gasteiger partial charge in [0.15, 0.2) is 5.13 Å². The second-order valence-corrected chi connectivity index (χ2v) is 5.18. The van der Waals surface area contributed by atoms with E-state index in [9.17, 15) is 4.79 Å². The zero-order valence-electron chi connectivity index (χ0n) is 11.1. The van der Waals surface area contributed by atoms with E-state index in [-0.39, 0.29) is 11.7 Å². The van der Waals surface area contributed by atoms with E-state index in [0.29, 0.717) is 10.0 Å². The summed E-state index contributed by atoms with van der Waals surface area (Å²) in [5, 5.41) is 3.52. The number of thiazole rings is 1. The first-order valence-corrected chi connectivity index (χ1v) is 6.63. The van der Waals surface area contributed by atoms with E-state index in [1.165, 1.54) is 11.3 Å². The van der Waals surface area contributed by atoms with Crippen molar-refractivity contribution in [3.63, 3.8) is 0 Å². The van der Waals surface area contributed by atoms with Gasteiger partial charge in [0.05, 0.1) is 0 Å². The van der Waals surface area contributed by atoms with E-state index in [2.05, 4.69) is 10.3 Å². The highest BCUT2D eigenvalue weighted by atomic mass is 32.1. The Labute approximate surface area is 116 Å². The van der Waals surface area contributed by atoms with Crippen LogP contribution in [0.5, 0.6) is 0 Å². The molecule has 0 spiro atoms. The zero-order chi connectivity index (χ0) is 14.0. The number of carbonyl (C=O) groups is 1. The number of carbonyl (C=O) groups excluding carboxylic acids is 1. The number of hydrogen-bond donors (Lipinski definition) is 2. The molecule has 3 N–H and O–H groups in total. The first-order valence-electron chi connectivity index (χ1n) is 5.81. The standard InChI is InChI=1S/C13H16N4OS/c1-8-4-6-9(7-5-8)17(3)12(18)10-11(14)16-13(15-2)19-10/h4-7H,14H2,1-3H3,(H,15,16). The lowest BCUT2D eigenvalue weighted by atomic mass is 10.2. The van der Waals surface area contributed by atoms with Gasteiger partial charge in [0.25, 0.3) is 5.91 Å². The third-order valence-electron chi connectivity index (χ3n) is 2.79. The van der Waals surface area contributed by atoms with Crippen molar-refractivity contribution in [2.75, 3.05) is 30.0 Å². The summed E-state index contributed by atoms with van der Waals surface area (Å²) in [4.78, 5) is 18.5. The Kier molecular flexibility index (Phi) is 3.71. The Hall–Kier alpha value is -2.08. The van der Waals surface area contributed by atoms with Crippen LogP contribution in [-0.4, -0.2) is 25.0 Å². The molecule has 19 heavy (non-hydrogen) atoms. The molecule has 0 aliphatic rings. The van der Waals surface area contributed by atoms with E-state index in [1.54, 1.807) is 19.0 Å². The number of nitrogens with one attached hydrogen (secondary N) is 1. The Bertz CT molecular complexity index is 591. The lowest BCUT2D eigenvalue weighted by Gasteiger charge is -2.16. The maximum absolute atomic E-state index is 12.4. The van der Waals surface area contributed by atoms with Crippen molar-refractivity contribution in [3.8, 4) is 0 Å². The molecule has 0 saturated heterocycles. The topological polar surface area (TPSA) is 71.2 Å². The van der Waals surface area contributed by atoms with Gasteiger partial charge in [-0.05, 0) is 19.1 Å². The highest BCUT2D eigenvalue weighted by Gasteiger charge is 2.20. The maximum Gasteiger partial charge on any atom is 0.272 e. The summed E-state index contributed by atoms with van der Waals surface area (Å²) in [6, 6.07) is 7.75. The van der Waals surface area contributed by atoms with E-state index in [0.717, 1.165) is 11.3 Å². The smallest absolute Gasteiger partial charge is 0.272 e. The number of anilines is 3. The van der Waals surface area contributed by atoms with Gasteiger partial charge in [0, 0.05) is 19.8 Å². The number of aromatic nitrogens is 1. The molecule has 0 saturated carbocycles. The number of benzene rings is 1. The molecule has 0 aliphatic carbocycles. The number of nitrogens with zero attached hydrogens (tertiary/aromatic N) is 2. The number of amides is 1. The molecular weight excluding hydrogens is 260 g/mol. The van der Waals surface area contributed by atoms with E-state index < -0.39 is 0 Å². The van der Waals surface area contributed by atoms with Crippen LogP contribution in [0.4, 0.5) is 16.6 Å². The molecule has 0 unspecified atom stereocenters. The molecule has 2 rings (SSSR count). The van der Waals surface area contributed by atoms with Gasteiger partial charge in [0.2, 0.25) is 0 Å². The Morgan fingerprint density at radius 2 is 2.00 bits per heavy atom. The van der Waals surface area contributed by atoms with Crippen LogP contribution in [0.3, 0.4) is 0 Å². The Morgan fingerprint density at radius 3 is 2.53 bits per heavy atom. The molecular formula is C13H16N4OS. The Balaban J connectivity index is 2.27. The highest BCUT2D eigenvalue weighted by Crippen LogP contribution is 2.27. The van der Waals surface area contributed by atoms with Crippen molar-refractivity contribution in [1.82, 2.24) is 4.98 Å². The van der Waals surface area contributed by atoms with Crippen molar-refractivity contribution < 1.29 is 4.79 Å². The van der Waals surface area contributed by atoms with E-state index in [1.807, 2.05) is 31.2 Å². The SMILES string of the molecule is CNc1nc(N)c(C(=O)N(C)c2ccc(C)cc2)s1. The van der Waals surface area contributed by atoms with Crippen LogP contribution in [0.15, 0.2) is 24.3 Å². The number of rotatable bonds is 3. The first-order chi connectivity index (χ1) is 9.02. The van der Waals surface area contributed by atoms with Crippen LogP contribution in [0.1, 0.15) is 15.2 Å². The molecule has 0 bridgehead atoms. The van der Waals surface area contributed by atoms with Crippen LogP contribution >= 0.6 is 11.3 Å². The Morgan fingerprint density at radius 1 is 1.37 bits per heavy atom. The molecule has 0 radical (unpaired) electrons. The van der Waals surface area contributed by atoms with Crippen LogP contribution in [0, 0.1) is 6.92 Å². The third-order valence-corrected chi connectivity index (χ3v) is 3.86. The summed E-state index contributed by atoms with van der Waals surface area (Å²) < 4.78 is 0. The minimum absolute atomic E-state index is 0.152. The van der Waals surface area contributed by atoms with Crippen LogP contribution in [-0.2, 0) is 0 Å². The van der Waals surface area contributed by atoms with Crippen molar-refractivity contribution in [2.45, 2.75) is 6.92 Å². The van der Waals surface area contributed by atoms with Gasteiger partial charge in [-0.25, -0.2) is 4.98 Å². The number of hydrogen-bond acceptors (Lipinski definition) is 5. The number of nitrogens with two attached hydrogens (primary N) is 1. The fourth-order valence-corrected chi connectivity index (χ4v) is 2.44. The largest absolute Gasteiger partial charge is 0.382 e. The summed E-state index contributed by atoms with van der Waals surface area (Å²) >= 11 is 1.26. The molecule has 2 aromatic rings. The third kappa shape index (κ3) is 2.68. The van der Waals surface area contributed by atoms with Crippen LogP contribution < -0.4 is 16.0 Å². The highest BCUT2D eigenvalue weighted by molar-refractivity contribution is 7.18. The molecule has 1 aromatic heterocycles. The summed E-state index contributed by atoms with van der Waals surface area (Å²) in [6.07, 6.45) is 0. The molecule has 6 heteroatoms. The minimum Gasteiger partial charge on any atom is -0.382 e. The fourth-order valence-electron chi connectivity index (χ4n) is 1.63. The minimum atomic E-state index is -0.152. The normalized spacial score (nSPS) is 10.3. The zero-order valence-corrected chi connectivity index (χ0v) is 11.9. The van der Waals surface area contributed by atoms with E-state index in [4.69, 9.17) is 5.73 Å². The maximum atomic E-state index is 12.4. The lowest BCUT2D eigenvalue weighted by Crippen LogP contribution is -2.26. The van der Waals surface area contributed by atoms with Gasteiger partial charge >= 0.3 is 0 Å².